The molecule has 0 fully saturated rings. The van der Waals surface area contributed by atoms with Crippen LogP contribution in [-0.4, -0.2) is 35.3 Å². The first-order chi connectivity index (χ1) is 8.60. The molecule has 0 saturated carbocycles. The lowest BCUT2D eigenvalue weighted by atomic mass is 10.1. The molecular formula is C11H14N2O4S. The van der Waals surface area contributed by atoms with Crippen molar-refractivity contribution in [3.63, 3.8) is 0 Å². The molecule has 0 spiro atoms. The summed E-state index contributed by atoms with van der Waals surface area (Å²) in [7, 11) is 0. The lowest BCUT2D eigenvalue weighted by molar-refractivity contribution is -0.385. The van der Waals surface area contributed by atoms with Crippen molar-refractivity contribution in [2.75, 3.05) is 19.4 Å². The lowest BCUT2D eigenvalue weighted by Gasteiger charge is -2.06. The highest BCUT2D eigenvalue weighted by Crippen LogP contribution is 2.24. The van der Waals surface area contributed by atoms with Gasteiger partial charge in [0.2, 0.25) is 0 Å². The minimum Gasteiger partial charge on any atom is -0.396 e. The molecule has 2 N–H and O–H groups in total. The van der Waals surface area contributed by atoms with Crippen LogP contribution in [0.15, 0.2) is 23.1 Å². The van der Waals surface area contributed by atoms with E-state index in [4.69, 9.17) is 5.11 Å². The van der Waals surface area contributed by atoms with Crippen LogP contribution in [0.3, 0.4) is 0 Å². The van der Waals surface area contributed by atoms with Gasteiger partial charge in [-0.15, -0.1) is 11.8 Å². The van der Waals surface area contributed by atoms with E-state index in [0.29, 0.717) is 6.42 Å². The summed E-state index contributed by atoms with van der Waals surface area (Å²) in [5.74, 6) is -0.494. The number of carbonyl (C=O) groups excluding carboxylic acids is 1. The second kappa shape index (κ2) is 6.97. The quantitative estimate of drug-likeness (QED) is 0.353. The zero-order valence-electron chi connectivity index (χ0n) is 9.88. The Morgan fingerprint density at radius 2 is 2.28 bits per heavy atom. The molecule has 1 aromatic carbocycles. The molecule has 0 radical (unpaired) electrons. The number of nitro benzene ring substituents is 1. The number of amides is 1. The summed E-state index contributed by atoms with van der Waals surface area (Å²) in [6.07, 6.45) is 2.25. The highest BCUT2D eigenvalue weighted by atomic mass is 32.2. The van der Waals surface area contributed by atoms with Crippen molar-refractivity contribution in [1.82, 2.24) is 5.32 Å². The monoisotopic (exact) mass is 270 g/mol. The van der Waals surface area contributed by atoms with Gasteiger partial charge in [-0.25, -0.2) is 0 Å². The zero-order chi connectivity index (χ0) is 13.5. The standard InChI is InChI=1S/C11H14N2O4S/c1-18-8-3-4-10(13(16)17)9(7-8)11(15)12-5-2-6-14/h3-4,7,14H,2,5-6H2,1H3,(H,12,15). The molecule has 7 heteroatoms. The molecule has 0 bridgehead atoms. The molecule has 0 unspecified atom stereocenters. The van der Waals surface area contributed by atoms with Crippen LogP contribution in [0.5, 0.6) is 0 Å². The molecule has 1 aromatic rings. The van der Waals surface area contributed by atoms with Crippen molar-refractivity contribution in [3.8, 4) is 0 Å². The Hall–Kier alpha value is -1.60. The van der Waals surface area contributed by atoms with Crippen molar-refractivity contribution in [2.45, 2.75) is 11.3 Å². The molecule has 0 aromatic heterocycles. The Labute approximate surface area is 109 Å². The Bertz CT molecular complexity index is 451. The lowest BCUT2D eigenvalue weighted by Crippen LogP contribution is -2.25. The summed E-state index contributed by atoms with van der Waals surface area (Å²) in [4.78, 5) is 22.8. The maximum absolute atomic E-state index is 11.8. The number of nitrogens with one attached hydrogen (secondary N) is 1. The number of aliphatic hydroxyl groups excluding tert-OH is 1. The number of rotatable bonds is 6. The molecule has 1 amide bonds. The zero-order valence-corrected chi connectivity index (χ0v) is 10.7. The predicted octanol–water partition coefficient (Wildman–Crippen LogP) is 1.43. The predicted molar refractivity (Wildman–Crippen MR) is 68.9 cm³/mol. The summed E-state index contributed by atoms with van der Waals surface area (Å²) in [5, 5.41) is 22.0. The van der Waals surface area contributed by atoms with E-state index in [1.807, 2.05) is 6.26 Å². The number of aliphatic hydroxyl groups is 1. The first-order valence-electron chi connectivity index (χ1n) is 5.31. The maximum Gasteiger partial charge on any atom is 0.282 e. The van der Waals surface area contributed by atoms with Crippen LogP contribution in [0.1, 0.15) is 16.8 Å². The highest BCUT2D eigenvalue weighted by Gasteiger charge is 2.20. The molecule has 0 saturated heterocycles. The summed E-state index contributed by atoms with van der Waals surface area (Å²) in [6.45, 7) is 0.253. The fourth-order valence-electron chi connectivity index (χ4n) is 1.36. The molecule has 6 nitrogen and oxygen atoms in total. The van der Waals surface area contributed by atoms with E-state index in [0.717, 1.165) is 4.90 Å². The van der Waals surface area contributed by atoms with E-state index in [1.165, 1.54) is 23.9 Å². The van der Waals surface area contributed by atoms with Gasteiger partial charge in [0.15, 0.2) is 0 Å². The number of thioether (sulfide) groups is 1. The number of carbonyl (C=O) groups is 1. The van der Waals surface area contributed by atoms with E-state index in [1.54, 1.807) is 6.07 Å². The Morgan fingerprint density at radius 3 is 2.83 bits per heavy atom. The number of benzene rings is 1. The van der Waals surface area contributed by atoms with E-state index in [-0.39, 0.29) is 24.4 Å². The molecule has 0 heterocycles. The highest BCUT2D eigenvalue weighted by molar-refractivity contribution is 7.98. The van der Waals surface area contributed by atoms with Crippen LogP contribution in [0.4, 0.5) is 5.69 Å². The molecule has 18 heavy (non-hydrogen) atoms. The molecule has 1 rings (SSSR count). The van der Waals surface area contributed by atoms with Crippen LogP contribution < -0.4 is 5.32 Å². The fourth-order valence-corrected chi connectivity index (χ4v) is 1.80. The van der Waals surface area contributed by atoms with Crippen molar-refractivity contribution in [3.05, 3.63) is 33.9 Å². The largest absolute Gasteiger partial charge is 0.396 e. The maximum atomic E-state index is 11.8. The smallest absolute Gasteiger partial charge is 0.282 e. The van der Waals surface area contributed by atoms with Gasteiger partial charge in [-0.2, -0.15) is 0 Å². The minimum atomic E-state index is -0.578. The Morgan fingerprint density at radius 1 is 1.56 bits per heavy atom. The van der Waals surface area contributed by atoms with Crippen molar-refractivity contribution in [1.29, 1.82) is 0 Å². The number of hydrogen-bond acceptors (Lipinski definition) is 5. The third-order valence-electron chi connectivity index (χ3n) is 2.27. The molecule has 0 aliphatic heterocycles. The van der Waals surface area contributed by atoms with Gasteiger partial charge < -0.3 is 10.4 Å². The van der Waals surface area contributed by atoms with Gasteiger partial charge in [0.05, 0.1) is 4.92 Å². The second-order valence-corrected chi connectivity index (χ2v) is 4.35. The molecule has 0 atom stereocenters. The molecule has 0 aliphatic rings. The van der Waals surface area contributed by atoms with Crippen LogP contribution >= 0.6 is 11.8 Å². The van der Waals surface area contributed by atoms with Crippen molar-refractivity contribution in [2.24, 2.45) is 0 Å². The van der Waals surface area contributed by atoms with Gasteiger partial charge in [0.1, 0.15) is 5.56 Å². The number of hydrogen-bond donors (Lipinski definition) is 2. The second-order valence-electron chi connectivity index (χ2n) is 3.47. The number of nitrogens with zero attached hydrogens (tertiary/aromatic N) is 1. The van der Waals surface area contributed by atoms with Gasteiger partial charge in [0.25, 0.3) is 11.6 Å². The first kappa shape index (κ1) is 14.5. The Kier molecular flexibility index (Phi) is 5.60. The Balaban J connectivity index is 2.96. The van der Waals surface area contributed by atoms with Gasteiger partial charge >= 0.3 is 0 Å². The third-order valence-corrected chi connectivity index (χ3v) is 2.99. The average molecular weight is 270 g/mol. The third kappa shape index (κ3) is 3.71. The van der Waals surface area contributed by atoms with Gasteiger partial charge in [0, 0.05) is 24.1 Å². The van der Waals surface area contributed by atoms with Crippen LogP contribution in [0.25, 0.3) is 0 Å². The summed E-state index contributed by atoms with van der Waals surface area (Å²) in [6, 6.07) is 4.43. The summed E-state index contributed by atoms with van der Waals surface area (Å²) in [5.41, 5.74) is -0.168. The normalized spacial score (nSPS) is 10.1. The van der Waals surface area contributed by atoms with E-state index >= 15 is 0 Å². The fraction of sp³-hybridized carbons (Fsp3) is 0.364. The van der Waals surface area contributed by atoms with E-state index in [9.17, 15) is 14.9 Å². The minimum absolute atomic E-state index is 0.0345. The summed E-state index contributed by atoms with van der Waals surface area (Å²) < 4.78 is 0. The molecular weight excluding hydrogens is 256 g/mol. The number of nitro groups is 1. The van der Waals surface area contributed by atoms with E-state index < -0.39 is 10.8 Å². The molecule has 0 aliphatic carbocycles. The van der Waals surface area contributed by atoms with Crippen LogP contribution in [-0.2, 0) is 0 Å². The van der Waals surface area contributed by atoms with Crippen molar-refractivity contribution >= 4 is 23.4 Å². The first-order valence-corrected chi connectivity index (χ1v) is 6.54. The van der Waals surface area contributed by atoms with Crippen LogP contribution in [0.2, 0.25) is 0 Å². The molecule has 98 valence electrons. The topological polar surface area (TPSA) is 92.5 Å². The van der Waals surface area contributed by atoms with Gasteiger partial charge in [-0.05, 0) is 24.8 Å². The van der Waals surface area contributed by atoms with E-state index in [2.05, 4.69) is 5.32 Å². The van der Waals surface area contributed by atoms with Crippen molar-refractivity contribution < 1.29 is 14.8 Å². The van der Waals surface area contributed by atoms with Crippen LogP contribution in [0, 0.1) is 10.1 Å². The van der Waals surface area contributed by atoms with Gasteiger partial charge in [-0.1, -0.05) is 0 Å². The summed E-state index contributed by atoms with van der Waals surface area (Å²) >= 11 is 1.41. The SMILES string of the molecule is CSc1ccc([N+](=O)[O-])c(C(=O)NCCCO)c1. The van der Waals surface area contributed by atoms with Gasteiger partial charge in [-0.3, -0.25) is 14.9 Å². The average Bonchev–Trinajstić information content (AvgIpc) is 2.38.